The van der Waals surface area contributed by atoms with Gasteiger partial charge in [0, 0.05) is 16.7 Å². The Morgan fingerprint density at radius 1 is 1.50 bits per heavy atom. The summed E-state index contributed by atoms with van der Waals surface area (Å²) in [7, 11) is 0.806. The molecule has 0 amide bonds. The minimum atomic E-state index is -4.37. The van der Waals surface area contributed by atoms with E-state index in [1.165, 1.54) is 0 Å². The molecule has 0 radical (unpaired) electrons. The zero-order chi connectivity index (χ0) is 15.5. The van der Waals surface area contributed by atoms with Gasteiger partial charge < -0.3 is 4.74 Å². The fourth-order valence-electron chi connectivity index (χ4n) is 1.62. The first-order chi connectivity index (χ1) is 9.16. The molecule has 0 fully saturated rings. The third-order valence-electron chi connectivity index (χ3n) is 2.48. The highest BCUT2D eigenvalue weighted by Gasteiger charge is 2.26. The van der Waals surface area contributed by atoms with Crippen molar-refractivity contribution in [1.82, 2.24) is 0 Å². The number of hydrogen-bond acceptors (Lipinski definition) is 5. The molecular formula is C11H13ClFNO5S. The fraction of sp³-hybridized carbons (Fsp3) is 0.455. The van der Waals surface area contributed by atoms with Gasteiger partial charge in [-0.1, -0.05) is 13.3 Å². The maximum Gasteiger partial charge on any atom is 0.273 e. The molecule has 0 aliphatic rings. The van der Waals surface area contributed by atoms with Crippen molar-refractivity contribution in [2.75, 3.05) is 0 Å². The van der Waals surface area contributed by atoms with E-state index in [1.54, 1.807) is 6.92 Å². The summed E-state index contributed by atoms with van der Waals surface area (Å²) in [5.74, 6) is -1.73. The maximum absolute atomic E-state index is 13.8. The van der Waals surface area contributed by atoms with Crippen LogP contribution in [0.25, 0.3) is 0 Å². The molecule has 112 valence electrons. The first-order valence-corrected chi connectivity index (χ1v) is 8.07. The van der Waals surface area contributed by atoms with Gasteiger partial charge in [-0.15, -0.1) is 0 Å². The third-order valence-corrected chi connectivity index (χ3v) is 3.81. The molecule has 0 aliphatic heterocycles. The molecule has 0 N–H and O–H groups in total. The molecule has 1 aromatic carbocycles. The van der Waals surface area contributed by atoms with E-state index in [-0.39, 0.29) is 0 Å². The smallest absolute Gasteiger partial charge is 0.273 e. The van der Waals surface area contributed by atoms with E-state index in [0.29, 0.717) is 18.6 Å². The Hall–Kier alpha value is -1.41. The van der Waals surface area contributed by atoms with Crippen LogP contribution in [-0.4, -0.2) is 19.4 Å². The molecule has 6 nitrogen and oxygen atoms in total. The minimum Gasteiger partial charge on any atom is -0.486 e. The van der Waals surface area contributed by atoms with Gasteiger partial charge in [0.25, 0.3) is 14.7 Å². The summed E-state index contributed by atoms with van der Waals surface area (Å²) in [5.41, 5.74) is -0.711. The van der Waals surface area contributed by atoms with Gasteiger partial charge in [0.2, 0.25) is 0 Å². The molecule has 0 bridgehead atoms. The van der Waals surface area contributed by atoms with E-state index in [4.69, 9.17) is 15.4 Å². The summed E-state index contributed by atoms with van der Waals surface area (Å²) in [4.78, 5) is 8.98. The number of nitro benzene ring substituents is 1. The van der Waals surface area contributed by atoms with Crippen LogP contribution in [0.1, 0.15) is 26.7 Å². The van der Waals surface area contributed by atoms with Gasteiger partial charge in [0.1, 0.15) is 4.90 Å². The lowest BCUT2D eigenvalue weighted by Crippen LogP contribution is -2.14. The zero-order valence-corrected chi connectivity index (χ0v) is 12.4. The number of nitro groups is 1. The Bertz CT molecular complexity index is 619. The predicted molar refractivity (Wildman–Crippen MR) is 71.1 cm³/mol. The minimum absolute atomic E-state index is 0.451. The van der Waals surface area contributed by atoms with Crippen LogP contribution in [0.3, 0.4) is 0 Å². The van der Waals surface area contributed by atoms with Crippen molar-refractivity contribution >= 4 is 25.4 Å². The van der Waals surface area contributed by atoms with E-state index in [9.17, 15) is 22.9 Å². The second-order valence-corrected chi connectivity index (χ2v) is 6.70. The number of rotatable bonds is 6. The standard InChI is InChI=1S/C11H13ClFNO5S/c1-3-4-7(2)19-11-9(13)5-8(14(15)16)6-10(11)20(12,17)18/h5-7H,3-4H2,1-2H3. The van der Waals surface area contributed by atoms with E-state index in [2.05, 4.69) is 0 Å². The molecule has 0 saturated carbocycles. The molecule has 0 saturated heterocycles. The molecule has 0 heterocycles. The van der Waals surface area contributed by atoms with Gasteiger partial charge in [-0.3, -0.25) is 10.1 Å². The Balaban J connectivity index is 3.39. The molecule has 20 heavy (non-hydrogen) atoms. The van der Waals surface area contributed by atoms with Crippen LogP contribution in [0.5, 0.6) is 5.75 Å². The highest BCUT2D eigenvalue weighted by molar-refractivity contribution is 8.13. The highest BCUT2D eigenvalue weighted by Crippen LogP contribution is 2.34. The van der Waals surface area contributed by atoms with Crippen molar-refractivity contribution in [3.63, 3.8) is 0 Å². The Morgan fingerprint density at radius 3 is 2.55 bits per heavy atom. The highest BCUT2D eigenvalue weighted by atomic mass is 35.7. The molecule has 9 heteroatoms. The van der Waals surface area contributed by atoms with Gasteiger partial charge in [0.05, 0.1) is 17.1 Å². The average molecular weight is 326 g/mol. The van der Waals surface area contributed by atoms with Crippen LogP contribution in [0.15, 0.2) is 17.0 Å². The van der Waals surface area contributed by atoms with Crippen molar-refractivity contribution in [2.45, 2.75) is 37.7 Å². The van der Waals surface area contributed by atoms with Gasteiger partial charge in [-0.25, -0.2) is 12.8 Å². The van der Waals surface area contributed by atoms with Crippen LogP contribution >= 0.6 is 10.7 Å². The van der Waals surface area contributed by atoms with Gasteiger partial charge in [0.15, 0.2) is 11.6 Å². The summed E-state index contributed by atoms with van der Waals surface area (Å²) in [6.07, 6.45) is 0.866. The van der Waals surface area contributed by atoms with E-state index in [0.717, 1.165) is 6.42 Å². The second-order valence-electron chi connectivity index (χ2n) is 4.17. The summed E-state index contributed by atoms with van der Waals surface area (Å²) >= 11 is 0. The zero-order valence-electron chi connectivity index (χ0n) is 10.8. The average Bonchev–Trinajstić information content (AvgIpc) is 2.29. The van der Waals surface area contributed by atoms with Crippen LogP contribution in [0, 0.1) is 15.9 Å². The number of benzene rings is 1. The van der Waals surface area contributed by atoms with Crippen molar-refractivity contribution in [3.05, 3.63) is 28.1 Å². The normalized spacial score (nSPS) is 13.0. The van der Waals surface area contributed by atoms with Crippen LogP contribution < -0.4 is 4.74 Å². The van der Waals surface area contributed by atoms with Crippen LogP contribution in [0.4, 0.5) is 10.1 Å². The quantitative estimate of drug-likeness (QED) is 0.455. The SMILES string of the molecule is CCCC(C)Oc1c(F)cc([N+](=O)[O-])cc1S(=O)(=O)Cl. The van der Waals surface area contributed by atoms with Gasteiger partial charge >= 0.3 is 0 Å². The van der Waals surface area contributed by atoms with Gasteiger partial charge in [-0.05, 0) is 13.3 Å². The molecule has 0 aromatic heterocycles. The van der Waals surface area contributed by atoms with Crippen molar-refractivity contribution in [1.29, 1.82) is 0 Å². The number of halogens is 2. The monoisotopic (exact) mass is 325 g/mol. The van der Waals surface area contributed by atoms with Crippen LogP contribution in [-0.2, 0) is 9.05 Å². The van der Waals surface area contributed by atoms with Crippen molar-refractivity contribution in [2.24, 2.45) is 0 Å². The topological polar surface area (TPSA) is 86.5 Å². The maximum atomic E-state index is 13.8. The van der Waals surface area contributed by atoms with Crippen LogP contribution in [0.2, 0.25) is 0 Å². The lowest BCUT2D eigenvalue weighted by atomic mass is 10.2. The number of ether oxygens (including phenoxy) is 1. The summed E-state index contributed by atoms with van der Waals surface area (Å²) in [6.45, 7) is 3.51. The first-order valence-electron chi connectivity index (χ1n) is 5.76. The third kappa shape index (κ3) is 4.04. The lowest BCUT2D eigenvalue weighted by Gasteiger charge is -2.16. The predicted octanol–water partition coefficient (Wildman–Crippen LogP) is 3.23. The number of non-ortho nitro benzene ring substituents is 1. The lowest BCUT2D eigenvalue weighted by molar-refractivity contribution is -0.385. The molecule has 1 aromatic rings. The second kappa shape index (κ2) is 6.36. The van der Waals surface area contributed by atoms with Gasteiger partial charge in [-0.2, -0.15) is 0 Å². The van der Waals surface area contributed by atoms with E-state index in [1.807, 2.05) is 6.92 Å². The number of hydrogen-bond donors (Lipinski definition) is 0. The molecule has 1 atom stereocenters. The van der Waals surface area contributed by atoms with E-state index < -0.39 is 42.2 Å². The number of nitrogens with zero attached hydrogens (tertiary/aromatic N) is 1. The molecule has 0 aliphatic carbocycles. The fourth-order valence-corrected chi connectivity index (χ4v) is 2.59. The molecule has 1 unspecified atom stereocenters. The molecule has 1 rings (SSSR count). The summed E-state index contributed by atoms with van der Waals surface area (Å²) in [6, 6.07) is 1.28. The Labute approximate surface area is 120 Å². The van der Waals surface area contributed by atoms with Crippen molar-refractivity contribution in [3.8, 4) is 5.75 Å². The van der Waals surface area contributed by atoms with E-state index >= 15 is 0 Å². The van der Waals surface area contributed by atoms with Crippen molar-refractivity contribution < 1.29 is 22.5 Å². The first kappa shape index (κ1) is 16.6. The molecular weight excluding hydrogens is 313 g/mol. The largest absolute Gasteiger partial charge is 0.486 e. The summed E-state index contributed by atoms with van der Waals surface area (Å²) in [5, 5.41) is 10.6. The Morgan fingerprint density at radius 2 is 2.10 bits per heavy atom. The molecule has 0 spiro atoms. The Kier molecular flexibility index (Phi) is 5.29. The summed E-state index contributed by atoms with van der Waals surface area (Å²) < 4.78 is 41.9.